The predicted molar refractivity (Wildman–Crippen MR) is 48.6 cm³/mol. The average Bonchev–Trinajstić information content (AvgIpc) is 1.63. The Hall–Kier alpha value is 0.600. The standard InChI is InChI=1S/C4H4I2O3/c1-2(7)9-4(8)3(5)6/h3H,1H3. The van der Waals surface area contributed by atoms with E-state index in [1.807, 2.05) is 45.2 Å². The first kappa shape index (κ1) is 9.60. The largest absolute Gasteiger partial charge is 0.392 e. The van der Waals surface area contributed by atoms with E-state index in [9.17, 15) is 9.59 Å². The number of hydrogen-bond acceptors (Lipinski definition) is 3. The molecule has 0 aromatic rings. The average molecular weight is 354 g/mol. The van der Waals surface area contributed by atoms with Gasteiger partial charge in [-0.2, -0.15) is 0 Å². The van der Waals surface area contributed by atoms with Gasteiger partial charge in [0, 0.05) is 6.92 Å². The fourth-order valence-corrected chi connectivity index (χ4v) is 0.440. The number of rotatable bonds is 1. The summed E-state index contributed by atoms with van der Waals surface area (Å²) in [7, 11) is 0. The summed E-state index contributed by atoms with van der Waals surface area (Å²) >= 11 is 3.72. The van der Waals surface area contributed by atoms with E-state index in [4.69, 9.17) is 0 Å². The minimum atomic E-state index is -0.557. The van der Waals surface area contributed by atoms with Crippen LogP contribution in [-0.2, 0) is 14.3 Å². The third-order valence-electron chi connectivity index (χ3n) is 0.422. The van der Waals surface area contributed by atoms with Crippen molar-refractivity contribution in [1.29, 1.82) is 0 Å². The molecule has 5 heteroatoms. The van der Waals surface area contributed by atoms with Crippen molar-refractivity contribution < 1.29 is 14.3 Å². The van der Waals surface area contributed by atoms with Crippen LogP contribution in [0.15, 0.2) is 0 Å². The zero-order valence-corrected chi connectivity index (χ0v) is 8.87. The summed E-state index contributed by atoms with van der Waals surface area (Å²) in [5.74, 6) is -1.05. The van der Waals surface area contributed by atoms with Gasteiger partial charge in [0.15, 0.2) is 1.93 Å². The van der Waals surface area contributed by atoms with Crippen LogP contribution in [0.25, 0.3) is 0 Å². The van der Waals surface area contributed by atoms with Gasteiger partial charge in [0.25, 0.3) is 0 Å². The molecule has 0 aliphatic rings. The van der Waals surface area contributed by atoms with E-state index in [1.54, 1.807) is 0 Å². The molecule has 9 heavy (non-hydrogen) atoms. The van der Waals surface area contributed by atoms with Crippen molar-refractivity contribution in [1.82, 2.24) is 0 Å². The lowest BCUT2D eigenvalue weighted by molar-refractivity contribution is -0.156. The third-order valence-corrected chi connectivity index (χ3v) is 1.44. The molecule has 0 unspecified atom stereocenters. The van der Waals surface area contributed by atoms with Crippen LogP contribution in [0.4, 0.5) is 0 Å². The highest BCUT2D eigenvalue weighted by Gasteiger charge is 2.13. The molecule has 0 amide bonds. The number of esters is 2. The van der Waals surface area contributed by atoms with E-state index < -0.39 is 11.9 Å². The lowest BCUT2D eigenvalue weighted by atomic mass is 10.7. The minimum absolute atomic E-state index is 0.288. The summed E-state index contributed by atoms with van der Waals surface area (Å²) in [6.45, 7) is 1.20. The van der Waals surface area contributed by atoms with Gasteiger partial charge in [0.05, 0.1) is 0 Å². The van der Waals surface area contributed by atoms with Crippen LogP contribution in [0.5, 0.6) is 0 Å². The summed E-state index contributed by atoms with van der Waals surface area (Å²) in [5, 5.41) is 0. The molecule has 0 heterocycles. The number of carbonyl (C=O) groups is 2. The Balaban J connectivity index is 3.64. The molecule has 0 aliphatic carbocycles. The lowest BCUT2D eigenvalue weighted by Gasteiger charge is -1.97. The van der Waals surface area contributed by atoms with E-state index >= 15 is 0 Å². The fourth-order valence-electron chi connectivity index (χ4n) is 0.186. The van der Waals surface area contributed by atoms with Crippen molar-refractivity contribution in [2.75, 3.05) is 0 Å². The maximum Gasteiger partial charge on any atom is 0.336 e. The second kappa shape index (κ2) is 4.42. The van der Waals surface area contributed by atoms with Crippen LogP contribution in [0, 0.1) is 0 Å². The van der Waals surface area contributed by atoms with Crippen LogP contribution < -0.4 is 0 Å². The van der Waals surface area contributed by atoms with Crippen LogP contribution >= 0.6 is 45.2 Å². The van der Waals surface area contributed by atoms with Crippen molar-refractivity contribution in [2.45, 2.75) is 8.86 Å². The first-order valence-corrected chi connectivity index (χ1v) is 4.53. The number of alkyl halides is 2. The summed E-state index contributed by atoms with van der Waals surface area (Å²) in [6, 6.07) is 0. The zero-order chi connectivity index (χ0) is 7.44. The van der Waals surface area contributed by atoms with Crippen LogP contribution in [-0.4, -0.2) is 13.9 Å². The normalized spacial score (nSPS) is 9.33. The summed E-state index contributed by atoms with van der Waals surface area (Å²) in [5.41, 5.74) is 0. The number of hydrogen-bond donors (Lipinski definition) is 0. The van der Waals surface area contributed by atoms with Gasteiger partial charge in [-0.1, -0.05) is 45.2 Å². The van der Waals surface area contributed by atoms with Crippen LogP contribution in [0.2, 0.25) is 0 Å². The quantitative estimate of drug-likeness (QED) is 0.308. The number of halogens is 2. The molecule has 0 radical (unpaired) electrons. The molecular formula is C4H4I2O3. The van der Waals surface area contributed by atoms with Crippen molar-refractivity contribution in [3.63, 3.8) is 0 Å². The van der Waals surface area contributed by atoms with Crippen molar-refractivity contribution in [3.8, 4) is 0 Å². The molecule has 3 nitrogen and oxygen atoms in total. The first-order valence-electron chi connectivity index (χ1n) is 2.04. The van der Waals surface area contributed by atoms with Crippen molar-refractivity contribution >= 4 is 57.1 Å². The van der Waals surface area contributed by atoms with Crippen molar-refractivity contribution in [3.05, 3.63) is 0 Å². The first-order chi connectivity index (χ1) is 4.04. The molecule has 0 rings (SSSR count). The van der Waals surface area contributed by atoms with Gasteiger partial charge in [-0.3, -0.25) is 4.79 Å². The highest BCUT2D eigenvalue weighted by molar-refractivity contribution is 14.2. The molecule has 0 saturated carbocycles. The van der Waals surface area contributed by atoms with Crippen LogP contribution in [0.1, 0.15) is 6.92 Å². The number of ether oxygens (including phenoxy) is 1. The fraction of sp³-hybridized carbons (Fsp3) is 0.500. The summed E-state index contributed by atoms with van der Waals surface area (Å²) in [4.78, 5) is 20.6. The van der Waals surface area contributed by atoms with Crippen molar-refractivity contribution in [2.24, 2.45) is 0 Å². The Morgan fingerprint density at radius 3 is 2.00 bits per heavy atom. The molecule has 0 aromatic carbocycles. The molecule has 0 aliphatic heterocycles. The smallest absolute Gasteiger partial charge is 0.336 e. The molecule has 0 bridgehead atoms. The Morgan fingerprint density at radius 2 is 1.89 bits per heavy atom. The zero-order valence-electron chi connectivity index (χ0n) is 4.56. The highest BCUT2D eigenvalue weighted by Crippen LogP contribution is 2.10. The highest BCUT2D eigenvalue weighted by atomic mass is 127. The molecular weight excluding hydrogens is 350 g/mol. The van der Waals surface area contributed by atoms with Gasteiger partial charge in [-0.05, 0) is 0 Å². The van der Waals surface area contributed by atoms with E-state index in [2.05, 4.69) is 4.74 Å². The van der Waals surface area contributed by atoms with E-state index in [1.165, 1.54) is 6.92 Å². The van der Waals surface area contributed by atoms with E-state index in [0.29, 0.717) is 0 Å². The van der Waals surface area contributed by atoms with Gasteiger partial charge < -0.3 is 4.74 Å². The Labute approximate surface area is 79.8 Å². The summed E-state index contributed by atoms with van der Waals surface area (Å²) < 4.78 is 3.93. The minimum Gasteiger partial charge on any atom is -0.392 e. The molecule has 52 valence electrons. The molecule has 0 spiro atoms. The van der Waals surface area contributed by atoms with E-state index in [-0.39, 0.29) is 1.93 Å². The Kier molecular flexibility index (Phi) is 4.72. The van der Waals surface area contributed by atoms with Gasteiger partial charge in [-0.25, -0.2) is 4.79 Å². The van der Waals surface area contributed by atoms with Gasteiger partial charge in [-0.15, -0.1) is 0 Å². The monoisotopic (exact) mass is 354 g/mol. The molecule has 0 fully saturated rings. The SMILES string of the molecule is CC(=O)OC(=O)C(I)I. The van der Waals surface area contributed by atoms with Gasteiger partial charge in [0.1, 0.15) is 0 Å². The lowest BCUT2D eigenvalue weighted by Crippen LogP contribution is -2.14. The van der Waals surface area contributed by atoms with Gasteiger partial charge >= 0.3 is 11.9 Å². The van der Waals surface area contributed by atoms with Gasteiger partial charge in [0.2, 0.25) is 0 Å². The maximum absolute atomic E-state index is 10.5. The van der Waals surface area contributed by atoms with E-state index in [0.717, 1.165) is 0 Å². The molecule has 0 saturated heterocycles. The Morgan fingerprint density at radius 1 is 1.44 bits per heavy atom. The van der Waals surface area contributed by atoms with Crippen LogP contribution in [0.3, 0.4) is 0 Å². The predicted octanol–water partition coefficient (Wildman–Crippen LogP) is 1.27. The second-order valence-electron chi connectivity index (χ2n) is 1.21. The Bertz CT molecular complexity index is 132. The summed E-state index contributed by atoms with van der Waals surface area (Å²) in [6.07, 6.45) is 0. The third kappa shape index (κ3) is 5.07. The number of carbonyl (C=O) groups excluding carboxylic acids is 2. The molecule has 0 aromatic heterocycles. The molecule has 0 atom stereocenters. The molecule has 0 N–H and O–H groups in total. The second-order valence-corrected chi connectivity index (χ2v) is 6.09. The topological polar surface area (TPSA) is 43.4 Å². The maximum atomic E-state index is 10.5.